The predicted molar refractivity (Wildman–Crippen MR) is 61.4 cm³/mol. The number of hydrogen-bond donors (Lipinski definition) is 1. The zero-order valence-corrected chi connectivity index (χ0v) is 10.3. The van der Waals surface area contributed by atoms with Gasteiger partial charge in [-0.15, -0.1) is 0 Å². The van der Waals surface area contributed by atoms with Gasteiger partial charge in [0.05, 0.1) is 17.0 Å². The van der Waals surface area contributed by atoms with Crippen molar-refractivity contribution in [2.75, 3.05) is 17.8 Å². The van der Waals surface area contributed by atoms with Crippen LogP contribution in [0.15, 0.2) is 4.99 Å². The highest BCUT2D eigenvalue weighted by molar-refractivity contribution is 8.13. The van der Waals surface area contributed by atoms with E-state index in [1.165, 1.54) is 11.8 Å². The third-order valence-corrected chi connectivity index (χ3v) is 4.68. The average Bonchev–Trinajstić information content (AvgIpc) is 2.40. The summed E-state index contributed by atoms with van der Waals surface area (Å²) in [5.74, 6) is 0.248. The highest BCUT2D eigenvalue weighted by Gasteiger charge is 2.38. The lowest BCUT2D eigenvalue weighted by Gasteiger charge is -2.17. The topological polar surface area (TPSA) is 82.3 Å². The molecular formula is C8H13N3O2S2. The van der Waals surface area contributed by atoms with Crippen LogP contribution < -0.4 is 5.32 Å². The molecule has 1 atom stereocenters. The van der Waals surface area contributed by atoms with Gasteiger partial charge in [-0.25, -0.2) is 8.42 Å². The van der Waals surface area contributed by atoms with Gasteiger partial charge in [-0.05, 0) is 19.6 Å². The van der Waals surface area contributed by atoms with Crippen molar-refractivity contribution in [2.24, 2.45) is 4.99 Å². The molecule has 0 aromatic heterocycles. The molecule has 84 valence electrons. The van der Waals surface area contributed by atoms with Crippen LogP contribution in [0.2, 0.25) is 0 Å². The first kappa shape index (κ1) is 12.3. The number of aliphatic imine (C=N–C) groups is 1. The fraction of sp³-hybridized carbons (Fsp3) is 0.750. The summed E-state index contributed by atoms with van der Waals surface area (Å²) in [6.45, 7) is 1.80. The summed E-state index contributed by atoms with van der Waals surface area (Å²) in [5, 5.41) is 11.4. The standard InChI is InChI=1S/C8H13N3O2S2/c1-8(3-4-15(12,13)5-8)11-7(14-2)10-6-9/h3-5H2,1-2H3,(H,10,11). The molecule has 0 saturated carbocycles. The van der Waals surface area contributed by atoms with Crippen molar-refractivity contribution in [3.8, 4) is 6.19 Å². The SMILES string of the molecule is CSC(=NC1(C)CCS(=O)(=O)C1)NC#N. The van der Waals surface area contributed by atoms with Gasteiger partial charge in [0.1, 0.15) is 0 Å². The number of hydrogen-bond acceptors (Lipinski definition) is 5. The molecule has 1 heterocycles. The quantitative estimate of drug-likeness (QED) is 0.313. The molecule has 1 aliphatic heterocycles. The molecule has 1 aliphatic rings. The first-order chi connectivity index (χ1) is 6.91. The van der Waals surface area contributed by atoms with Crippen LogP contribution in [0, 0.1) is 11.5 Å². The molecule has 0 aliphatic carbocycles. The maximum absolute atomic E-state index is 11.3. The Bertz CT molecular complexity index is 410. The van der Waals surface area contributed by atoms with Crippen LogP contribution in [0.25, 0.3) is 0 Å². The summed E-state index contributed by atoms with van der Waals surface area (Å²) in [5.41, 5.74) is -0.582. The zero-order chi connectivity index (χ0) is 11.5. The summed E-state index contributed by atoms with van der Waals surface area (Å²) in [4.78, 5) is 4.28. The first-order valence-electron chi connectivity index (χ1n) is 4.40. The minimum absolute atomic E-state index is 0.0666. The number of nitrogens with zero attached hydrogens (tertiary/aromatic N) is 2. The number of sulfone groups is 1. The van der Waals surface area contributed by atoms with Crippen LogP contribution in [-0.4, -0.2) is 36.9 Å². The van der Waals surface area contributed by atoms with Crippen molar-refractivity contribution < 1.29 is 8.42 Å². The van der Waals surface area contributed by atoms with Crippen molar-refractivity contribution in [1.29, 1.82) is 5.26 Å². The van der Waals surface area contributed by atoms with Crippen LogP contribution in [0.4, 0.5) is 0 Å². The second kappa shape index (κ2) is 4.41. The molecule has 15 heavy (non-hydrogen) atoms. The monoisotopic (exact) mass is 247 g/mol. The van der Waals surface area contributed by atoms with Gasteiger partial charge < -0.3 is 0 Å². The van der Waals surface area contributed by atoms with E-state index in [2.05, 4.69) is 10.3 Å². The molecule has 0 spiro atoms. The number of thioether (sulfide) groups is 1. The fourth-order valence-corrected chi connectivity index (χ4v) is 4.01. The summed E-state index contributed by atoms with van der Waals surface area (Å²) in [6, 6.07) is 0. The maximum Gasteiger partial charge on any atom is 0.183 e. The van der Waals surface area contributed by atoms with E-state index in [-0.39, 0.29) is 11.5 Å². The molecule has 0 bridgehead atoms. The highest BCUT2D eigenvalue weighted by Crippen LogP contribution is 2.27. The van der Waals surface area contributed by atoms with E-state index in [9.17, 15) is 8.42 Å². The Labute approximate surface area is 93.9 Å². The molecule has 0 amide bonds. The average molecular weight is 247 g/mol. The van der Waals surface area contributed by atoms with E-state index in [0.29, 0.717) is 11.6 Å². The van der Waals surface area contributed by atoms with Crippen LogP contribution in [0.3, 0.4) is 0 Å². The smallest absolute Gasteiger partial charge is 0.183 e. The van der Waals surface area contributed by atoms with Gasteiger partial charge in [-0.2, -0.15) is 5.26 Å². The lowest BCUT2D eigenvalue weighted by molar-refractivity contribution is 0.534. The van der Waals surface area contributed by atoms with Crippen molar-refractivity contribution in [1.82, 2.24) is 5.32 Å². The molecule has 1 saturated heterocycles. The van der Waals surface area contributed by atoms with E-state index in [1.807, 2.05) is 0 Å². The van der Waals surface area contributed by atoms with Crippen molar-refractivity contribution in [3.63, 3.8) is 0 Å². The van der Waals surface area contributed by atoms with E-state index in [4.69, 9.17) is 5.26 Å². The van der Waals surface area contributed by atoms with Crippen LogP contribution in [-0.2, 0) is 9.84 Å². The van der Waals surface area contributed by atoms with Crippen molar-refractivity contribution in [3.05, 3.63) is 0 Å². The van der Waals surface area contributed by atoms with Gasteiger partial charge in [-0.3, -0.25) is 10.3 Å². The molecule has 1 unspecified atom stereocenters. The molecule has 5 nitrogen and oxygen atoms in total. The number of amidine groups is 1. The second-order valence-electron chi connectivity index (χ2n) is 3.70. The molecule has 0 aromatic carbocycles. The fourth-order valence-electron chi connectivity index (χ4n) is 1.50. The molecule has 1 fully saturated rings. The first-order valence-corrected chi connectivity index (χ1v) is 7.45. The Hall–Kier alpha value is -0.740. The number of nitrogens with one attached hydrogen (secondary N) is 1. The Morgan fingerprint density at radius 3 is 2.73 bits per heavy atom. The summed E-state index contributed by atoms with van der Waals surface area (Å²) in [6.07, 6.45) is 4.09. The van der Waals surface area contributed by atoms with Crippen LogP contribution >= 0.6 is 11.8 Å². The van der Waals surface area contributed by atoms with Gasteiger partial charge in [0.15, 0.2) is 21.2 Å². The summed E-state index contributed by atoms with van der Waals surface area (Å²) >= 11 is 1.30. The molecular weight excluding hydrogens is 234 g/mol. The summed E-state index contributed by atoms with van der Waals surface area (Å²) in [7, 11) is -2.95. The van der Waals surface area contributed by atoms with Crippen molar-refractivity contribution in [2.45, 2.75) is 18.9 Å². The highest BCUT2D eigenvalue weighted by atomic mass is 32.2. The van der Waals surface area contributed by atoms with Gasteiger partial charge in [0, 0.05) is 0 Å². The Balaban J connectivity index is 2.85. The van der Waals surface area contributed by atoms with Gasteiger partial charge >= 0.3 is 0 Å². The molecule has 0 aromatic rings. The van der Waals surface area contributed by atoms with Gasteiger partial charge in [-0.1, -0.05) is 11.8 Å². The zero-order valence-electron chi connectivity index (χ0n) is 8.65. The third kappa shape index (κ3) is 3.39. The van der Waals surface area contributed by atoms with E-state index < -0.39 is 15.4 Å². The number of rotatable bonds is 1. The predicted octanol–water partition coefficient (Wildman–Crippen LogP) is 0.353. The minimum atomic E-state index is -2.95. The van der Waals surface area contributed by atoms with E-state index in [1.54, 1.807) is 19.4 Å². The minimum Gasteiger partial charge on any atom is -0.272 e. The normalized spacial score (nSPS) is 29.8. The number of nitriles is 1. The lowest BCUT2D eigenvalue weighted by Crippen LogP contribution is -2.28. The molecule has 7 heteroatoms. The van der Waals surface area contributed by atoms with Crippen molar-refractivity contribution >= 4 is 26.8 Å². The van der Waals surface area contributed by atoms with Crippen LogP contribution in [0.1, 0.15) is 13.3 Å². The maximum atomic E-state index is 11.3. The molecule has 1 rings (SSSR count). The van der Waals surface area contributed by atoms with E-state index >= 15 is 0 Å². The Morgan fingerprint density at radius 1 is 1.67 bits per heavy atom. The van der Waals surface area contributed by atoms with Crippen LogP contribution in [0.5, 0.6) is 0 Å². The molecule has 1 N–H and O–H groups in total. The molecule has 0 radical (unpaired) electrons. The largest absolute Gasteiger partial charge is 0.272 e. The van der Waals surface area contributed by atoms with Gasteiger partial charge in [0.2, 0.25) is 0 Å². The Morgan fingerprint density at radius 2 is 2.33 bits per heavy atom. The second-order valence-corrected chi connectivity index (χ2v) is 6.68. The summed E-state index contributed by atoms with van der Waals surface area (Å²) < 4.78 is 22.6. The van der Waals surface area contributed by atoms with Gasteiger partial charge in [0.25, 0.3) is 0 Å². The lowest BCUT2D eigenvalue weighted by atomic mass is 10.0. The Kier molecular flexibility index (Phi) is 3.62. The van der Waals surface area contributed by atoms with E-state index in [0.717, 1.165) is 0 Å². The third-order valence-electron chi connectivity index (χ3n) is 2.21.